The van der Waals surface area contributed by atoms with Crippen molar-refractivity contribution in [3.8, 4) is 0 Å². The van der Waals surface area contributed by atoms with Crippen LogP contribution in [0.25, 0.3) is 11.2 Å². The largest absolute Gasteiger partial charge is 0.369 e. The Kier molecular flexibility index (Phi) is 3.61. The lowest BCUT2D eigenvalue weighted by Crippen LogP contribution is -2.04. The molecule has 0 radical (unpaired) electrons. The van der Waals surface area contributed by atoms with Gasteiger partial charge in [-0.25, -0.2) is 9.97 Å². The Bertz CT molecular complexity index is 487. The molecule has 0 aromatic carbocycles. The van der Waals surface area contributed by atoms with Crippen LogP contribution in [0.15, 0.2) is 18.3 Å². The van der Waals surface area contributed by atoms with E-state index in [0.29, 0.717) is 5.95 Å². The van der Waals surface area contributed by atoms with E-state index in [0.717, 1.165) is 30.0 Å². The zero-order valence-electron chi connectivity index (χ0n) is 10.6. The zero-order chi connectivity index (χ0) is 12.3. The second-order valence-electron chi connectivity index (χ2n) is 4.86. The second kappa shape index (κ2) is 5.17. The van der Waals surface area contributed by atoms with Gasteiger partial charge < -0.3 is 5.73 Å². The molecule has 17 heavy (non-hydrogen) atoms. The van der Waals surface area contributed by atoms with Crippen LogP contribution in [0.3, 0.4) is 0 Å². The van der Waals surface area contributed by atoms with Crippen molar-refractivity contribution in [3.05, 3.63) is 18.3 Å². The van der Waals surface area contributed by atoms with Gasteiger partial charge in [0, 0.05) is 12.7 Å². The molecular formula is C13H20N4. The van der Waals surface area contributed by atoms with Gasteiger partial charge >= 0.3 is 0 Å². The molecule has 0 aliphatic carbocycles. The molecule has 0 amide bonds. The SMILES string of the molecule is CC(C)CCCCn1c(N)nc2cccnc21. The minimum Gasteiger partial charge on any atom is -0.369 e. The molecule has 0 aliphatic heterocycles. The van der Waals surface area contributed by atoms with Gasteiger partial charge in [0.15, 0.2) is 5.65 Å². The van der Waals surface area contributed by atoms with Crippen molar-refractivity contribution < 1.29 is 0 Å². The van der Waals surface area contributed by atoms with Crippen LogP contribution >= 0.6 is 0 Å². The molecule has 2 N–H and O–H groups in total. The number of aromatic nitrogens is 3. The average Bonchev–Trinajstić information content (AvgIpc) is 2.60. The summed E-state index contributed by atoms with van der Waals surface area (Å²) in [5.74, 6) is 1.34. The minimum atomic E-state index is 0.572. The van der Waals surface area contributed by atoms with Gasteiger partial charge in [0.1, 0.15) is 5.52 Å². The van der Waals surface area contributed by atoms with Crippen molar-refractivity contribution in [2.75, 3.05) is 5.73 Å². The third-order valence-electron chi connectivity index (χ3n) is 2.95. The Morgan fingerprint density at radius 2 is 2.18 bits per heavy atom. The summed E-state index contributed by atoms with van der Waals surface area (Å²) >= 11 is 0. The third-order valence-corrected chi connectivity index (χ3v) is 2.95. The quantitative estimate of drug-likeness (QED) is 0.806. The number of nitrogens with zero attached hydrogens (tertiary/aromatic N) is 3. The van der Waals surface area contributed by atoms with Gasteiger partial charge in [-0.2, -0.15) is 0 Å². The van der Waals surface area contributed by atoms with E-state index in [2.05, 4.69) is 23.8 Å². The number of anilines is 1. The zero-order valence-corrected chi connectivity index (χ0v) is 10.6. The van der Waals surface area contributed by atoms with Gasteiger partial charge in [-0.3, -0.25) is 4.57 Å². The highest BCUT2D eigenvalue weighted by molar-refractivity contribution is 5.73. The van der Waals surface area contributed by atoms with Crippen LogP contribution in [0.2, 0.25) is 0 Å². The van der Waals surface area contributed by atoms with E-state index in [1.807, 2.05) is 16.7 Å². The number of imidazole rings is 1. The molecule has 2 aromatic heterocycles. The fourth-order valence-corrected chi connectivity index (χ4v) is 2.02. The Morgan fingerprint density at radius 3 is 2.94 bits per heavy atom. The maximum Gasteiger partial charge on any atom is 0.202 e. The molecule has 4 heteroatoms. The highest BCUT2D eigenvalue weighted by atomic mass is 15.2. The fourth-order valence-electron chi connectivity index (χ4n) is 2.02. The van der Waals surface area contributed by atoms with Crippen LogP contribution in [0.4, 0.5) is 5.95 Å². The molecule has 0 fully saturated rings. The first-order valence-corrected chi connectivity index (χ1v) is 6.25. The first kappa shape index (κ1) is 11.9. The van der Waals surface area contributed by atoms with Crippen LogP contribution in [-0.2, 0) is 6.54 Å². The topological polar surface area (TPSA) is 56.7 Å². The summed E-state index contributed by atoms with van der Waals surface area (Å²) in [5, 5.41) is 0. The molecule has 0 spiro atoms. The second-order valence-corrected chi connectivity index (χ2v) is 4.86. The van der Waals surface area contributed by atoms with E-state index in [-0.39, 0.29) is 0 Å². The summed E-state index contributed by atoms with van der Waals surface area (Å²) in [6.45, 7) is 5.41. The Balaban J connectivity index is 2.05. The van der Waals surface area contributed by atoms with Crippen molar-refractivity contribution in [1.82, 2.24) is 14.5 Å². The monoisotopic (exact) mass is 232 g/mol. The number of hydrogen-bond acceptors (Lipinski definition) is 3. The standard InChI is InChI=1S/C13H20N4/c1-10(2)6-3-4-9-17-12-11(16-13(17)14)7-5-8-15-12/h5,7-8,10H,3-4,6,9H2,1-2H3,(H2,14,16). The summed E-state index contributed by atoms with van der Waals surface area (Å²) in [6.07, 6.45) is 5.40. The van der Waals surface area contributed by atoms with Gasteiger partial charge in [-0.05, 0) is 24.5 Å². The van der Waals surface area contributed by atoms with E-state index >= 15 is 0 Å². The van der Waals surface area contributed by atoms with E-state index in [1.54, 1.807) is 6.20 Å². The van der Waals surface area contributed by atoms with Gasteiger partial charge in [-0.1, -0.05) is 26.7 Å². The van der Waals surface area contributed by atoms with E-state index in [4.69, 9.17) is 5.73 Å². The maximum absolute atomic E-state index is 5.91. The number of nitrogens with two attached hydrogens (primary N) is 1. The highest BCUT2D eigenvalue weighted by Crippen LogP contribution is 2.16. The van der Waals surface area contributed by atoms with Crippen LogP contribution in [-0.4, -0.2) is 14.5 Å². The molecule has 0 saturated heterocycles. The molecule has 0 aliphatic rings. The number of pyridine rings is 1. The average molecular weight is 232 g/mol. The number of fused-ring (bicyclic) bond motifs is 1. The Labute approximate surface area is 102 Å². The first-order chi connectivity index (χ1) is 8.18. The molecule has 92 valence electrons. The van der Waals surface area contributed by atoms with E-state index in [1.165, 1.54) is 12.8 Å². The van der Waals surface area contributed by atoms with Gasteiger partial charge in [0.2, 0.25) is 5.95 Å². The smallest absolute Gasteiger partial charge is 0.202 e. The number of unbranched alkanes of at least 4 members (excludes halogenated alkanes) is 1. The van der Waals surface area contributed by atoms with Crippen LogP contribution in [0, 0.1) is 5.92 Å². The van der Waals surface area contributed by atoms with Gasteiger partial charge in [0.25, 0.3) is 0 Å². The summed E-state index contributed by atoms with van der Waals surface area (Å²) in [5.41, 5.74) is 7.69. The van der Waals surface area contributed by atoms with Crippen molar-refractivity contribution in [2.24, 2.45) is 5.92 Å². The van der Waals surface area contributed by atoms with E-state index in [9.17, 15) is 0 Å². The van der Waals surface area contributed by atoms with Crippen molar-refractivity contribution in [3.63, 3.8) is 0 Å². The lowest BCUT2D eigenvalue weighted by molar-refractivity contribution is 0.513. The van der Waals surface area contributed by atoms with Gasteiger partial charge in [0.05, 0.1) is 0 Å². The van der Waals surface area contributed by atoms with Crippen molar-refractivity contribution in [1.29, 1.82) is 0 Å². The number of aryl methyl sites for hydroxylation is 1. The molecule has 2 heterocycles. The Hall–Kier alpha value is -1.58. The lowest BCUT2D eigenvalue weighted by atomic mass is 10.1. The summed E-state index contributed by atoms with van der Waals surface area (Å²) < 4.78 is 2.01. The predicted octanol–water partition coefficient (Wildman–Crippen LogP) is 2.84. The van der Waals surface area contributed by atoms with E-state index < -0.39 is 0 Å². The molecule has 0 unspecified atom stereocenters. The molecular weight excluding hydrogens is 212 g/mol. The molecule has 0 atom stereocenters. The summed E-state index contributed by atoms with van der Waals surface area (Å²) in [7, 11) is 0. The van der Waals surface area contributed by atoms with Crippen LogP contribution in [0.5, 0.6) is 0 Å². The molecule has 0 saturated carbocycles. The molecule has 2 aromatic rings. The molecule has 4 nitrogen and oxygen atoms in total. The number of hydrogen-bond donors (Lipinski definition) is 1. The summed E-state index contributed by atoms with van der Waals surface area (Å²) in [6, 6.07) is 3.83. The number of nitrogen functional groups attached to an aromatic ring is 1. The third kappa shape index (κ3) is 2.75. The normalized spacial score (nSPS) is 11.5. The number of rotatable bonds is 5. The highest BCUT2D eigenvalue weighted by Gasteiger charge is 2.07. The van der Waals surface area contributed by atoms with Crippen molar-refractivity contribution >= 4 is 17.1 Å². The van der Waals surface area contributed by atoms with Gasteiger partial charge in [-0.15, -0.1) is 0 Å². The molecule has 0 bridgehead atoms. The first-order valence-electron chi connectivity index (χ1n) is 6.25. The lowest BCUT2D eigenvalue weighted by Gasteiger charge is -2.07. The van der Waals surface area contributed by atoms with Crippen molar-refractivity contribution in [2.45, 2.75) is 39.7 Å². The van der Waals surface area contributed by atoms with Crippen LogP contribution in [0.1, 0.15) is 33.1 Å². The maximum atomic E-state index is 5.91. The Morgan fingerprint density at radius 1 is 1.35 bits per heavy atom. The van der Waals surface area contributed by atoms with Crippen LogP contribution < -0.4 is 5.73 Å². The fraction of sp³-hybridized carbons (Fsp3) is 0.538. The minimum absolute atomic E-state index is 0.572. The predicted molar refractivity (Wildman–Crippen MR) is 70.6 cm³/mol. The summed E-state index contributed by atoms with van der Waals surface area (Å²) in [4.78, 5) is 8.64. The molecule has 2 rings (SSSR count).